The van der Waals surface area contributed by atoms with Crippen LogP contribution in [0.5, 0.6) is 0 Å². The number of hydrogen-bond acceptors (Lipinski definition) is 3. The zero-order chi connectivity index (χ0) is 13.8. The van der Waals surface area contributed by atoms with Crippen LogP contribution in [0.15, 0.2) is 24.3 Å². The summed E-state index contributed by atoms with van der Waals surface area (Å²) >= 11 is 0. The van der Waals surface area contributed by atoms with Crippen molar-refractivity contribution in [3.05, 3.63) is 35.4 Å². The molecule has 1 aliphatic heterocycles. The van der Waals surface area contributed by atoms with Crippen LogP contribution in [-0.2, 0) is 6.42 Å². The van der Waals surface area contributed by atoms with E-state index in [0.29, 0.717) is 6.04 Å². The molecule has 0 radical (unpaired) electrons. The largest absolute Gasteiger partial charge is 0.309 e. The van der Waals surface area contributed by atoms with Gasteiger partial charge in [-0.15, -0.1) is 0 Å². The van der Waals surface area contributed by atoms with E-state index >= 15 is 0 Å². The predicted molar refractivity (Wildman–Crippen MR) is 84.1 cm³/mol. The van der Waals surface area contributed by atoms with Gasteiger partial charge in [0.2, 0.25) is 0 Å². The summed E-state index contributed by atoms with van der Waals surface area (Å²) in [5.74, 6) is 0. The minimum atomic E-state index is 0.576. The Kier molecular flexibility index (Phi) is 4.71. The maximum atomic E-state index is 3.78. The average Bonchev–Trinajstić information content (AvgIpc) is 2.49. The lowest BCUT2D eigenvalue weighted by atomic mass is 9.88. The molecule has 0 saturated carbocycles. The zero-order valence-corrected chi connectivity index (χ0v) is 12.6. The fourth-order valence-electron chi connectivity index (χ4n) is 3.43. The summed E-state index contributed by atoms with van der Waals surface area (Å²) < 4.78 is 0. The quantitative estimate of drug-likeness (QED) is 0.904. The second-order valence-electron chi connectivity index (χ2n) is 6.24. The Balaban J connectivity index is 1.47. The predicted octanol–water partition coefficient (Wildman–Crippen LogP) is 1.90. The topological polar surface area (TPSA) is 18.5 Å². The van der Waals surface area contributed by atoms with Crippen LogP contribution in [0.1, 0.15) is 30.0 Å². The Hall–Kier alpha value is -0.900. The summed E-state index contributed by atoms with van der Waals surface area (Å²) in [6, 6.07) is 9.53. The third kappa shape index (κ3) is 3.40. The lowest BCUT2D eigenvalue weighted by Gasteiger charge is -2.33. The highest BCUT2D eigenvalue weighted by atomic mass is 15.2. The van der Waals surface area contributed by atoms with Crippen LogP contribution < -0.4 is 5.32 Å². The fourth-order valence-corrected chi connectivity index (χ4v) is 3.43. The molecule has 1 unspecified atom stereocenters. The minimum absolute atomic E-state index is 0.576. The van der Waals surface area contributed by atoms with E-state index < -0.39 is 0 Å². The lowest BCUT2D eigenvalue weighted by Crippen LogP contribution is -2.46. The molecule has 2 aliphatic rings. The molecule has 3 heteroatoms. The third-order valence-corrected chi connectivity index (χ3v) is 4.78. The van der Waals surface area contributed by atoms with E-state index in [1.165, 1.54) is 57.5 Å². The van der Waals surface area contributed by atoms with Crippen LogP contribution in [0.3, 0.4) is 0 Å². The number of rotatable bonds is 4. The molecule has 1 aromatic rings. The van der Waals surface area contributed by atoms with E-state index in [-0.39, 0.29) is 0 Å². The van der Waals surface area contributed by atoms with Crippen molar-refractivity contribution in [2.75, 3.05) is 46.3 Å². The highest BCUT2D eigenvalue weighted by Gasteiger charge is 2.19. The van der Waals surface area contributed by atoms with Gasteiger partial charge in [-0.25, -0.2) is 0 Å². The maximum Gasteiger partial charge on any atom is 0.0323 e. The van der Waals surface area contributed by atoms with E-state index in [9.17, 15) is 0 Å². The molecule has 1 heterocycles. The Labute approximate surface area is 123 Å². The van der Waals surface area contributed by atoms with Gasteiger partial charge < -0.3 is 10.2 Å². The van der Waals surface area contributed by atoms with E-state index in [2.05, 4.69) is 46.4 Å². The number of nitrogens with one attached hydrogen (secondary N) is 1. The summed E-state index contributed by atoms with van der Waals surface area (Å²) in [6.45, 7) is 7.17. The first-order chi connectivity index (χ1) is 9.83. The molecule has 1 aliphatic carbocycles. The molecule has 1 saturated heterocycles. The fraction of sp³-hybridized carbons (Fsp3) is 0.647. The Bertz CT molecular complexity index is 424. The molecule has 1 aromatic carbocycles. The Morgan fingerprint density at radius 1 is 1.15 bits per heavy atom. The van der Waals surface area contributed by atoms with Crippen molar-refractivity contribution in [3.8, 4) is 0 Å². The van der Waals surface area contributed by atoms with Crippen molar-refractivity contribution in [2.45, 2.75) is 25.3 Å². The molecule has 0 bridgehead atoms. The maximum absolute atomic E-state index is 3.78. The van der Waals surface area contributed by atoms with E-state index in [4.69, 9.17) is 0 Å². The molecule has 1 atom stereocenters. The highest BCUT2D eigenvalue weighted by molar-refractivity contribution is 5.32. The molecular formula is C17H27N3. The van der Waals surface area contributed by atoms with Crippen molar-refractivity contribution >= 4 is 0 Å². The molecule has 3 nitrogen and oxygen atoms in total. The molecule has 110 valence electrons. The molecule has 0 amide bonds. The third-order valence-electron chi connectivity index (χ3n) is 4.78. The smallest absolute Gasteiger partial charge is 0.0323 e. The van der Waals surface area contributed by atoms with Gasteiger partial charge in [-0.2, -0.15) is 0 Å². The van der Waals surface area contributed by atoms with Gasteiger partial charge in [0.05, 0.1) is 0 Å². The minimum Gasteiger partial charge on any atom is -0.309 e. The van der Waals surface area contributed by atoms with Gasteiger partial charge in [0.1, 0.15) is 0 Å². The van der Waals surface area contributed by atoms with Crippen molar-refractivity contribution < 1.29 is 0 Å². The number of nitrogens with zero attached hydrogens (tertiary/aromatic N) is 2. The summed E-state index contributed by atoms with van der Waals surface area (Å²) in [4.78, 5) is 5.00. The summed E-state index contributed by atoms with van der Waals surface area (Å²) in [5.41, 5.74) is 3.09. The van der Waals surface area contributed by atoms with Gasteiger partial charge in [0.15, 0.2) is 0 Å². The number of fused-ring (bicyclic) bond motifs is 1. The second kappa shape index (κ2) is 6.70. The number of likely N-dealkylation sites (N-methyl/N-ethyl adjacent to an activating group) is 1. The highest BCUT2D eigenvalue weighted by Crippen LogP contribution is 2.29. The Morgan fingerprint density at radius 3 is 2.80 bits per heavy atom. The first-order valence-electron chi connectivity index (χ1n) is 8.05. The monoisotopic (exact) mass is 273 g/mol. The molecule has 1 N–H and O–H groups in total. The molecular weight excluding hydrogens is 246 g/mol. The van der Waals surface area contributed by atoms with Crippen molar-refractivity contribution in [1.82, 2.24) is 15.1 Å². The van der Waals surface area contributed by atoms with Crippen LogP contribution in [-0.4, -0.2) is 56.1 Å². The van der Waals surface area contributed by atoms with Crippen molar-refractivity contribution in [1.29, 1.82) is 0 Å². The normalized spacial score (nSPS) is 24.6. The van der Waals surface area contributed by atoms with Gasteiger partial charge in [-0.1, -0.05) is 24.3 Å². The van der Waals surface area contributed by atoms with Crippen LogP contribution in [0.4, 0.5) is 0 Å². The number of piperazine rings is 1. The van der Waals surface area contributed by atoms with E-state index in [0.717, 1.165) is 6.54 Å². The van der Waals surface area contributed by atoms with Gasteiger partial charge in [-0.05, 0) is 37.4 Å². The van der Waals surface area contributed by atoms with Crippen LogP contribution >= 0.6 is 0 Å². The number of benzene rings is 1. The van der Waals surface area contributed by atoms with Crippen molar-refractivity contribution in [2.24, 2.45) is 0 Å². The first kappa shape index (κ1) is 14.1. The number of hydrogen-bond donors (Lipinski definition) is 1. The van der Waals surface area contributed by atoms with Gasteiger partial charge in [0.25, 0.3) is 0 Å². The SMILES string of the molecule is CN1CCN(CCNC2CCCc3ccccc32)CC1. The second-order valence-corrected chi connectivity index (χ2v) is 6.24. The molecule has 1 fully saturated rings. The number of aryl methyl sites for hydroxylation is 1. The van der Waals surface area contributed by atoms with E-state index in [1.807, 2.05) is 0 Å². The first-order valence-corrected chi connectivity index (χ1v) is 8.05. The standard InChI is InChI=1S/C17H27N3/c1-19-11-13-20(14-12-19)10-9-18-17-8-4-6-15-5-2-3-7-16(15)17/h2-3,5,7,17-18H,4,6,8-14H2,1H3. The zero-order valence-electron chi connectivity index (χ0n) is 12.6. The molecule has 0 aromatic heterocycles. The summed E-state index contributed by atoms with van der Waals surface area (Å²) in [5, 5.41) is 3.78. The molecule has 3 rings (SSSR count). The van der Waals surface area contributed by atoms with Gasteiger partial charge in [0, 0.05) is 45.3 Å². The van der Waals surface area contributed by atoms with Crippen LogP contribution in [0.2, 0.25) is 0 Å². The average molecular weight is 273 g/mol. The van der Waals surface area contributed by atoms with Gasteiger partial charge >= 0.3 is 0 Å². The Morgan fingerprint density at radius 2 is 1.95 bits per heavy atom. The summed E-state index contributed by atoms with van der Waals surface area (Å²) in [6.07, 6.45) is 3.87. The van der Waals surface area contributed by atoms with Crippen molar-refractivity contribution in [3.63, 3.8) is 0 Å². The van der Waals surface area contributed by atoms with E-state index in [1.54, 1.807) is 5.56 Å². The van der Waals surface area contributed by atoms with Crippen LogP contribution in [0, 0.1) is 0 Å². The van der Waals surface area contributed by atoms with Gasteiger partial charge in [-0.3, -0.25) is 4.90 Å². The molecule has 0 spiro atoms. The molecule has 20 heavy (non-hydrogen) atoms. The lowest BCUT2D eigenvalue weighted by molar-refractivity contribution is 0.153. The summed E-state index contributed by atoms with van der Waals surface area (Å²) in [7, 11) is 2.22. The van der Waals surface area contributed by atoms with Crippen LogP contribution in [0.25, 0.3) is 0 Å².